The summed E-state index contributed by atoms with van der Waals surface area (Å²) in [6.07, 6.45) is 0. The smallest absolute Gasteiger partial charge is 0.255 e. The van der Waals surface area contributed by atoms with Crippen molar-refractivity contribution < 1.29 is 19.1 Å². The first-order valence-corrected chi connectivity index (χ1v) is 8.60. The lowest BCUT2D eigenvalue weighted by atomic mass is 10.1. The van der Waals surface area contributed by atoms with Gasteiger partial charge in [-0.25, -0.2) is 0 Å². The van der Waals surface area contributed by atoms with Crippen LogP contribution in [0.1, 0.15) is 20.7 Å². The molecule has 0 bridgehead atoms. The zero-order chi connectivity index (χ0) is 19.9. The van der Waals surface area contributed by atoms with Crippen molar-refractivity contribution in [1.82, 2.24) is 0 Å². The molecule has 6 heteroatoms. The van der Waals surface area contributed by atoms with E-state index in [1.165, 1.54) is 0 Å². The quantitative estimate of drug-likeness (QED) is 0.676. The van der Waals surface area contributed by atoms with Gasteiger partial charge in [0.2, 0.25) is 0 Å². The van der Waals surface area contributed by atoms with E-state index < -0.39 is 0 Å². The molecule has 2 N–H and O–H groups in total. The lowest BCUT2D eigenvalue weighted by molar-refractivity contribution is 0.101. The minimum Gasteiger partial charge on any atom is -0.497 e. The van der Waals surface area contributed by atoms with E-state index >= 15 is 0 Å². The molecule has 0 unspecified atom stereocenters. The van der Waals surface area contributed by atoms with Crippen molar-refractivity contribution in [2.45, 2.75) is 0 Å². The number of ether oxygens (including phenoxy) is 2. The average Bonchev–Trinajstić information content (AvgIpc) is 2.75. The lowest BCUT2D eigenvalue weighted by Crippen LogP contribution is -2.14. The minimum atomic E-state index is -0.257. The van der Waals surface area contributed by atoms with Crippen LogP contribution in [0.5, 0.6) is 11.5 Å². The SMILES string of the molecule is COc1ccc(NC(=O)c2ccc(C(=O)Nc3ccc(OC)cc3)cc2)cc1. The first-order valence-electron chi connectivity index (χ1n) is 8.60. The molecule has 0 aliphatic carbocycles. The summed E-state index contributed by atoms with van der Waals surface area (Å²) in [6.45, 7) is 0. The Labute approximate surface area is 163 Å². The van der Waals surface area contributed by atoms with Crippen LogP contribution < -0.4 is 20.1 Å². The summed E-state index contributed by atoms with van der Waals surface area (Å²) in [5.41, 5.74) is 2.23. The van der Waals surface area contributed by atoms with E-state index in [2.05, 4.69) is 10.6 Å². The molecule has 3 aromatic rings. The summed E-state index contributed by atoms with van der Waals surface area (Å²) in [5.74, 6) is 0.912. The number of rotatable bonds is 6. The van der Waals surface area contributed by atoms with E-state index in [1.807, 2.05) is 0 Å². The zero-order valence-corrected chi connectivity index (χ0v) is 15.6. The number of hydrogen-bond acceptors (Lipinski definition) is 4. The molecule has 0 saturated carbocycles. The first-order chi connectivity index (χ1) is 13.6. The van der Waals surface area contributed by atoms with Gasteiger partial charge in [0.05, 0.1) is 14.2 Å². The van der Waals surface area contributed by atoms with Gasteiger partial charge in [0.15, 0.2) is 0 Å². The minimum absolute atomic E-state index is 0.257. The number of benzene rings is 3. The normalized spacial score (nSPS) is 10.1. The summed E-state index contributed by atoms with van der Waals surface area (Å²) in [4.78, 5) is 24.7. The van der Waals surface area contributed by atoms with Gasteiger partial charge in [-0.1, -0.05) is 0 Å². The standard InChI is InChI=1S/C22H20N2O4/c1-27-19-11-7-17(8-12-19)23-21(25)15-3-5-16(6-4-15)22(26)24-18-9-13-20(28-2)14-10-18/h3-14H,1-2H3,(H,23,25)(H,24,26). The molecule has 2 amide bonds. The molecule has 6 nitrogen and oxygen atoms in total. The maximum absolute atomic E-state index is 12.3. The van der Waals surface area contributed by atoms with Crippen LogP contribution in [-0.2, 0) is 0 Å². The Bertz CT molecular complexity index is 869. The number of amides is 2. The van der Waals surface area contributed by atoms with Gasteiger partial charge in [0, 0.05) is 22.5 Å². The molecule has 0 aliphatic rings. The molecule has 0 aliphatic heterocycles. The van der Waals surface area contributed by atoms with Crippen LogP contribution in [0.4, 0.5) is 11.4 Å². The zero-order valence-electron chi connectivity index (χ0n) is 15.6. The van der Waals surface area contributed by atoms with Gasteiger partial charge in [-0.3, -0.25) is 9.59 Å². The van der Waals surface area contributed by atoms with Crippen LogP contribution in [-0.4, -0.2) is 26.0 Å². The Balaban J connectivity index is 1.62. The fourth-order valence-electron chi connectivity index (χ4n) is 2.53. The second-order valence-electron chi connectivity index (χ2n) is 5.94. The molecule has 0 saturated heterocycles. The van der Waals surface area contributed by atoms with E-state index in [9.17, 15) is 9.59 Å². The third-order valence-corrected chi connectivity index (χ3v) is 4.11. The first kappa shape index (κ1) is 19.0. The molecule has 28 heavy (non-hydrogen) atoms. The average molecular weight is 376 g/mol. The van der Waals surface area contributed by atoms with Crippen LogP contribution in [0.2, 0.25) is 0 Å². The van der Waals surface area contributed by atoms with E-state index in [1.54, 1.807) is 87.0 Å². The van der Waals surface area contributed by atoms with E-state index in [0.29, 0.717) is 34.0 Å². The van der Waals surface area contributed by atoms with Gasteiger partial charge in [-0.15, -0.1) is 0 Å². The maximum atomic E-state index is 12.3. The van der Waals surface area contributed by atoms with E-state index in [-0.39, 0.29) is 11.8 Å². The molecule has 0 spiro atoms. The third-order valence-electron chi connectivity index (χ3n) is 4.11. The predicted molar refractivity (Wildman–Crippen MR) is 108 cm³/mol. The van der Waals surface area contributed by atoms with Gasteiger partial charge in [-0.05, 0) is 72.8 Å². The lowest BCUT2D eigenvalue weighted by Gasteiger charge is -2.08. The summed E-state index contributed by atoms with van der Waals surface area (Å²) in [7, 11) is 3.17. The van der Waals surface area contributed by atoms with Crippen molar-refractivity contribution >= 4 is 23.2 Å². The highest BCUT2D eigenvalue weighted by molar-refractivity contribution is 6.07. The van der Waals surface area contributed by atoms with Crippen molar-refractivity contribution in [2.75, 3.05) is 24.9 Å². The third kappa shape index (κ3) is 4.67. The molecule has 0 heterocycles. The van der Waals surface area contributed by atoms with Crippen LogP contribution in [0.15, 0.2) is 72.8 Å². The Kier molecular flexibility index (Phi) is 5.91. The topological polar surface area (TPSA) is 76.7 Å². The largest absolute Gasteiger partial charge is 0.497 e. The van der Waals surface area contributed by atoms with E-state index in [0.717, 1.165) is 0 Å². The number of carbonyl (C=O) groups is 2. The van der Waals surface area contributed by atoms with Gasteiger partial charge in [0.1, 0.15) is 11.5 Å². The maximum Gasteiger partial charge on any atom is 0.255 e. The number of carbonyl (C=O) groups excluding carboxylic acids is 2. The number of methoxy groups -OCH3 is 2. The molecule has 142 valence electrons. The van der Waals surface area contributed by atoms with Gasteiger partial charge in [0.25, 0.3) is 11.8 Å². The Morgan fingerprint density at radius 2 is 0.893 bits per heavy atom. The summed E-state index contributed by atoms with van der Waals surface area (Å²) in [6, 6.07) is 20.5. The highest BCUT2D eigenvalue weighted by Gasteiger charge is 2.10. The summed E-state index contributed by atoms with van der Waals surface area (Å²) < 4.78 is 10.2. The Morgan fingerprint density at radius 1 is 0.571 bits per heavy atom. The van der Waals surface area contributed by atoms with Gasteiger partial charge in [-0.2, -0.15) is 0 Å². The van der Waals surface area contributed by atoms with Crippen molar-refractivity contribution in [3.63, 3.8) is 0 Å². The molecule has 3 rings (SSSR count). The second kappa shape index (κ2) is 8.73. The second-order valence-corrected chi connectivity index (χ2v) is 5.94. The van der Waals surface area contributed by atoms with Crippen LogP contribution in [0, 0.1) is 0 Å². The molecular weight excluding hydrogens is 356 g/mol. The number of nitrogens with one attached hydrogen (secondary N) is 2. The van der Waals surface area contributed by atoms with Gasteiger partial charge >= 0.3 is 0 Å². The molecule has 0 atom stereocenters. The van der Waals surface area contributed by atoms with Crippen molar-refractivity contribution in [2.24, 2.45) is 0 Å². The summed E-state index contributed by atoms with van der Waals surface area (Å²) >= 11 is 0. The van der Waals surface area contributed by atoms with Crippen molar-refractivity contribution in [3.05, 3.63) is 83.9 Å². The van der Waals surface area contributed by atoms with Gasteiger partial charge < -0.3 is 20.1 Å². The highest BCUT2D eigenvalue weighted by Crippen LogP contribution is 2.18. The van der Waals surface area contributed by atoms with Crippen LogP contribution >= 0.6 is 0 Å². The molecule has 0 radical (unpaired) electrons. The number of anilines is 2. The summed E-state index contributed by atoms with van der Waals surface area (Å²) in [5, 5.41) is 5.60. The molecule has 0 aromatic heterocycles. The van der Waals surface area contributed by atoms with Crippen molar-refractivity contribution in [1.29, 1.82) is 0 Å². The molecule has 3 aromatic carbocycles. The van der Waals surface area contributed by atoms with E-state index in [4.69, 9.17) is 9.47 Å². The fourth-order valence-corrected chi connectivity index (χ4v) is 2.53. The molecular formula is C22H20N2O4. The Morgan fingerprint density at radius 3 is 1.18 bits per heavy atom. The van der Waals surface area contributed by atoms with Crippen molar-refractivity contribution in [3.8, 4) is 11.5 Å². The van der Waals surface area contributed by atoms with Crippen LogP contribution in [0.25, 0.3) is 0 Å². The Hall–Kier alpha value is -3.80. The highest BCUT2D eigenvalue weighted by atomic mass is 16.5. The fraction of sp³-hybridized carbons (Fsp3) is 0.0909. The molecule has 0 fully saturated rings. The number of hydrogen-bond donors (Lipinski definition) is 2. The predicted octanol–water partition coefficient (Wildman–Crippen LogP) is 4.21. The van der Waals surface area contributed by atoms with Crippen LogP contribution in [0.3, 0.4) is 0 Å². The monoisotopic (exact) mass is 376 g/mol.